The molecular formula is C19H27ClFN3O. The summed E-state index contributed by atoms with van der Waals surface area (Å²) in [6.07, 6.45) is 4.30. The number of carbonyl (C=O) groups excluding carboxylic acids is 1. The zero-order valence-electron chi connectivity index (χ0n) is 14.8. The normalized spacial score (nSPS) is 21.2. The van der Waals surface area contributed by atoms with Crippen LogP contribution in [0.3, 0.4) is 0 Å². The molecule has 1 aliphatic carbocycles. The molecule has 3 rings (SSSR count). The summed E-state index contributed by atoms with van der Waals surface area (Å²) in [5.74, 6) is 0.146. The van der Waals surface area contributed by atoms with Gasteiger partial charge in [-0.1, -0.05) is 24.6 Å². The van der Waals surface area contributed by atoms with Crippen LogP contribution in [-0.2, 0) is 6.54 Å². The summed E-state index contributed by atoms with van der Waals surface area (Å²) in [5.41, 5.74) is 0.404. The summed E-state index contributed by atoms with van der Waals surface area (Å²) in [6, 6.07) is 4.76. The van der Waals surface area contributed by atoms with Crippen molar-refractivity contribution >= 4 is 17.6 Å². The summed E-state index contributed by atoms with van der Waals surface area (Å²) in [6.45, 7) is 6.34. The summed E-state index contributed by atoms with van der Waals surface area (Å²) in [7, 11) is 0. The molecule has 0 spiro atoms. The summed E-state index contributed by atoms with van der Waals surface area (Å²) < 4.78 is 14.1. The van der Waals surface area contributed by atoms with Crippen LogP contribution >= 0.6 is 11.6 Å². The highest BCUT2D eigenvalue weighted by molar-refractivity contribution is 6.31. The average Bonchev–Trinajstić information content (AvgIpc) is 3.44. The van der Waals surface area contributed by atoms with E-state index < -0.39 is 0 Å². The van der Waals surface area contributed by atoms with Gasteiger partial charge in [0.15, 0.2) is 0 Å². The standard InChI is InChI=1S/C19H27ClFN3O/c1-2-23-10-4-5-14(12-23)11-22-19(25)24(15-8-9-15)13-16-17(20)6-3-7-18(16)21/h3,6-7,14-15H,2,4-5,8-13H2,1H3,(H,22,25). The van der Waals surface area contributed by atoms with Crippen LogP contribution in [0.5, 0.6) is 0 Å². The molecule has 25 heavy (non-hydrogen) atoms. The second-order valence-electron chi connectivity index (χ2n) is 7.15. The van der Waals surface area contributed by atoms with Crippen molar-refractivity contribution in [1.29, 1.82) is 0 Å². The quantitative estimate of drug-likeness (QED) is 0.828. The Bertz CT molecular complexity index is 588. The van der Waals surface area contributed by atoms with E-state index in [4.69, 9.17) is 11.6 Å². The first-order valence-electron chi connectivity index (χ1n) is 9.28. The van der Waals surface area contributed by atoms with E-state index in [2.05, 4.69) is 17.1 Å². The maximum atomic E-state index is 14.1. The van der Waals surface area contributed by atoms with Gasteiger partial charge < -0.3 is 15.1 Å². The number of urea groups is 1. The molecule has 0 bridgehead atoms. The van der Waals surface area contributed by atoms with Crippen LogP contribution in [0, 0.1) is 11.7 Å². The fourth-order valence-electron chi connectivity index (χ4n) is 3.54. The minimum atomic E-state index is -0.350. The molecule has 1 N–H and O–H groups in total. The number of piperidine rings is 1. The van der Waals surface area contributed by atoms with Gasteiger partial charge in [-0.05, 0) is 56.8 Å². The number of nitrogens with zero attached hydrogens (tertiary/aromatic N) is 2. The van der Waals surface area contributed by atoms with Gasteiger partial charge in [0, 0.05) is 29.7 Å². The van der Waals surface area contributed by atoms with Crippen LogP contribution < -0.4 is 5.32 Å². The summed E-state index contributed by atoms with van der Waals surface area (Å²) >= 11 is 6.13. The minimum Gasteiger partial charge on any atom is -0.338 e. The third kappa shape index (κ3) is 4.85. The van der Waals surface area contributed by atoms with Gasteiger partial charge in [0.05, 0.1) is 6.54 Å². The first-order chi connectivity index (χ1) is 12.1. The van der Waals surface area contributed by atoms with Crippen molar-refractivity contribution in [3.05, 3.63) is 34.6 Å². The lowest BCUT2D eigenvalue weighted by Crippen LogP contribution is -2.45. The molecule has 2 amide bonds. The number of hydrogen-bond acceptors (Lipinski definition) is 2. The number of benzene rings is 1. The van der Waals surface area contributed by atoms with E-state index in [1.54, 1.807) is 17.0 Å². The van der Waals surface area contributed by atoms with Crippen molar-refractivity contribution in [1.82, 2.24) is 15.1 Å². The maximum Gasteiger partial charge on any atom is 0.317 e. The largest absolute Gasteiger partial charge is 0.338 e. The number of likely N-dealkylation sites (tertiary alicyclic amines) is 1. The summed E-state index contributed by atoms with van der Waals surface area (Å²) in [4.78, 5) is 16.9. The molecule has 0 radical (unpaired) electrons. The Hall–Kier alpha value is -1.33. The molecule has 1 heterocycles. The first-order valence-corrected chi connectivity index (χ1v) is 9.66. The Labute approximate surface area is 154 Å². The Morgan fingerprint density at radius 2 is 2.20 bits per heavy atom. The third-order valence-corrected chi connectivity index (χ3v) is 5.59. The predicted molar refractivity (Wildman–Crippen MR) is 98.2 cm³/mol. The van der Waals surface area contributed by atoms with E-state index in [1.807, 2.05) is 0 Å². The fraction of sp³-hybridized carbons (Fsp3) is 0.632. The van der Waals surface area contributed by atoms with Crippen LogP contribution in [0.1, 0.15) is 38.2 Å². The molecule has 138 valence electrons. The smallest absolute Gasteiger partial charge is 0.317 e. The molecule has 1 unspecified atom stereocenters. The predicted octanol–water partition coefficient (Wildman–Crippen LogP) is 3.89. The molecule has 1 atom stereocenters. The Morgan fingerprint density at radius 3 is 2.88 bits per heavy atom. The number of rotatable bonds is 6. The van der Waals surface area contributed by atoms with E-state index >= 15 is 0 Å². The Balaban J connectivity index is 1.58. The highest BCUT2D eigenvalue weighted by Gasteiger charge is 2.34. The highest BCUT2D eigenvalue weighted by Crippen LogP contribution is 2.30. The molecular weight excluding hydrogens is 341 g/mol. The van der Waals surface area contributed by atoms with Gasteiger partial charge >= 0.3 is 6.03 Å². The van der Waals surface area contributed by atoms with E-state index in [1.165, 1.54) is 12.5 Å². The number of carbonyl (C=O) groups is 1. The van der Waals surface area contributed by atoms with Crippen LogP contribution in [0.25, 0.3) is 0 Å². The number of amides is 2. The number of nitrogens with one attached hydrogen (secondary N) is 1. The third-order valence-electron chi connectivity index (χ3n) is 5.23. The number of hydrogen-bond donors (Lipinski definition) is 1. The molecule has 1 aliphatic heterocycles. The maximum absolute atomic E-state index is 14.1. The van der Waals surface area contributed by atoms with Gasteiger partial charge in [0.1, 0.15) is 5.82 Å². The molecule has 0 aromatic heterocycles. The van der Waals surface area contributed by atoms with Gasteiger partial charge in [-0.25, -0.2) is 9.18 Å². The zero-order chi connectivity index (χ0) is 17.8. The van der Waals surface area contributed by atoms with Gasteiger partial charge in [0.25, 0.3) is 0 Å². The van der Waals surface area contributed by atoms with Crippen molar-refractivity contribution in [2.24, 2.45) is 5.92 Å². The molecule has 1 aromatic carbocycles. The van der Waals surface area contributed by atoms with Crippen molar-refractivity contribution < 1.29 is 9.18 Å². The van der Waals surface area contributed by atoms with E-state index in [9.17, 15) is 9.18 Å². The highest BCUT2D eigenvalue weighted by atomic mass is 35.5. The van der Waals surface area contributed by atoms with E-state index in [0.717, 1.165) is 38.9 Å². The topological polar surface area (TPSA) is 35.6 Å². The molecule has 6 heteroatoms. The lowest BCUT2D eigenvalue weighted by Gasteiger charge is -2.32. The lowest BCUT2D eigenvalue weighted by molar-refractivity contribution is 0.167. The van der Waals surface area contributed by atoms with Gasteiger partial charge in [-0.3, -0.25) is 0 Å². The SMILES string of the molecule is CCN1CCCC(CNC(=O)N(Cc2c(F)cccc2Cl)C2CC2)C1. The van der Waals surface area contributed by atoms with E-state index in [-0.39, 0.29) is 24.4 Å². The fourth-order valence-corrected chi connectivity index (χ4v) is 3.77. The number of halogens is 2. The monoisotopic (exact) mass is 367 g/mol. The van der Waals surface area contributed by atoms with Gasteiger partial charge in [-0.2, -0.15) is 0 Å². The lowest BCUT2D eigenvalue weighted by atomic mass is 9.98. The summed E-state index contributed by atoms with van der Waals surface area (Å²) in [5, 5.41) is 3.45. The van der Waals surface area contributed by atoms with Crippen molar-refractivity contribution in [3.8, 4) is 0 Å². The second-order valence-corrected chi connectivity index (χ2v) is 7.55. The Morgan fingerprint density at radius 1 is 1.40 bits per heavy atom. The first kappa shape index (κ1) is 18.5. The Kier molecular flexibility index (Phi) is 6.18. The van der Waals surface area contributed by atoms with Crippen molar-refractivity contribution in [3.63, 3.8) is 0 Å². The minimum absolute atomic E-state index is 0.101. The molecule has 1 aromatic rings. The van der Waals surface area contributed by atoms with Crippen LogP contribution in [-0.4, -0.2) is 48.1 Å². The van der Waals surface area contributed by atoms with E-state index in [0.29, 0.717) is 23.0 Å². The van der Waals surface area contributed by atoms with Crippen LogP contribution in [0.15, 0.2) is 18.2 Å². The average molecular weight is 368 g/mol. The van der Waals surface area contributed by atoms with Gasteiger partial charge in [-0.15, -0.1) is 0 Å². The molecule has 4 nitrogen and oxygen atoms in total. The molecule has 2 fully saturated rings. The van der Waals surface area contributed by atoms with Crippen LogP contribution in [0.2, 0.25) is 5.02 Å². The molecule has 2 aliphatic rings. The van der Waals surface area contributed by atoms with Crippen LogP contribution in [0.4, 0.5) is 9.18 Å². The van der Waals surface area contributed by atoms with Gasteiger partial charge in [0.2, 0.25) is 0 Å². The second kappa shape index (κ2) is 8.37. The van der Waals surface area contributed by atoms with Crippen molar-refractivity contribution in [2.75, 3.05) is 26.2 Å². The molecule has 1 saturated carbocycles. The van der Waals surface area contributed by atoms with Crippen molar-refractivity contribution in [2.45, 2.75) is 45.2 Å². The zero-order valence-corrected chi connectivity index (χ0v) is 15.6. The molecule has 1 saturated heterocycles.